The zero-order valence-corrected chi connectivity index (χ0v) is 20.8. The molecule has 2 aromatic rings. The van der Waals surface area contributed by atoms with E-state index in [1.807, 2.05) is 30.3 Å². The molecule has 0 amide bonds. The molecule has 0 bridgehead atoms. The highest BCUT2D eigenvalue weighted by atomic mass is 16.5. The molecule has 1 heterocycles. The maximum Gasteiger partial charge on any atom is 0.314 e. The molecule has 1 saturated carbocycles. The van der Waals surface area contributed by atoms with E-state index in [9.17, 15) is 4.79 Å². The predicted octanol–water partition coefficient (Wildman–Crippen LogP) is 6.98. The summed E-state index contributed by atoms with van der Waals surface area (Å²) in [5.74, 6) is 2.33. The van der Waals surface area contributed by atoms with Crippen molar-refractivity contribution in [2.45, 2.75) is 84.3 Å². The molecule has 5 heteroatoms. The Balaban J connectivity index is 1.26. The van der Waals surface area contributed by atoms with Crippen LogP contribution in [0, 0.1) is 11.8 Å². The summed E-state index contributed by atoms with van der Waals surface area (Å²) in [6, 6.07) is 14.1. The maximum absolute atomic E-state index is 12.7. The second-order valence-corrected chi connectivity index (χ2v) is 9.83. The molecule has 34 heavy (non-hydrogen) atoms. The van der Waals surface area contributed by atoms with Gasteiger partial charge in [-0.2, -0.15) is 0 Å². The van der Waals surface area contributed by atoms with Crippen LogP contribution in [0.5, 0.6) is 11.5 Å². The molecule has 1 unspecified atom stereocenters. The van der Waals surface area contributed by atoms with E-state index < -0.39 is 0 Å². The van der Waals surface area contributed by atoms with Gasteiger partial charge >= 0.3 is 5.97 Å². The van der Waals surface area contributed by atoms with Gasteiger partial charge < -0.3 is 14.8 Å². The molecule has 1 fully saturated rings. The Morgan fingerprint density at radius 3 is 2.44 bits per heavy atom. The first-order chi connectivity index (χ1) is 16.7. The van der Waals surface area contributed by atoms with Gasteiger partial charge in [-0.3, -0.25) is 10.1 Å². The summed E-state index contributed by atoms with van der Waals surface area (Å²) in [6.45, 7) is 5.87. The largest absolute Gasteiger partial charge is 0.494 e. The Kier molecular flexibility index (Phi) is 8.86. The van der Waals surface area contributed by atoms with Gasteiger partial charge in [-0.05, 0) is 79.5 Å². The van der Waals surface area contributed by atoms with Gasteiger partial charge in [0, 0.05) is 12.2 Å². The van der Waals surface area contributed by atoms with Crippen LogP contribution in [0.25, 0.3) is 0 Å². The summed E-state index contributed by atoms with van der Waals surface area (Å²) in [7, 11) is 0. The molecule has 1 atom stereocenters. The second-order valence-electron chi connectivity index (χ2n) is 9.83. The normalized spacial score (nSPS) is 21.9. The van der Waals surface area contributed by atoms with Crippen molar-refractivity contribution >= 4 is 11.7 Å². The number of fused-ring (bicyclic) bond motifs is 1. The molecule has 184 valence electrons. The summed E-state index contributed by atoms with van der Waals surface area (Å²) in [4.78, 5) is 12.7. The van der Waals surface area contributed by atoms with E-state index in [1.165, 1.54) is 31.2 Å². The molecular weight excluding hydrogens is 424 g/mol. The van der Waals surface area contributed by atoms with Crippen LogP contribution in [-0.4, -0.2) is 12.6 Å². The lowest BCUT2D eigenvalue weighted by molar-refractivity contribution is -0.140. The zero-order chi connectivity index (χ0) is 23.8. The highest BCUT2D eigenvalue weighted by Crippen LogP contribution is 2.34. The Morgan fingerprint density at radius 2 is 1.71 bits per heavy atom. The van der Waals surface area contributed by atoms with E-state index in [2.05, 4.69) is 36.6 Å². The number of carbonyl (C=O) groups excluding carboxylic acids is 1. The number of hydrogen-bond acceptors (Lipinski definition) is 5. The van der Waals surface area contributed by atoms with Gasteiger partial charge in [0.25, 0.3) is 0 Å². The maximum atomic E-state index is 12.7. The standard InChI is InChI=1S/C29H40N2O3/c1-3-5-6-7-21-8-10-23(11-9-21)29(32)34-25-14-12-22(13-15-25)28-30-20-24-19-26(33-18-4-2)16-17-27(24)31-28/h12-17,19,21,23,28,30-31H,3-11,18,20H2,1-2H3. The molecule has 1 aliphatic carbocycles. The molecule has 0 spiro atoms. The van der Waals surface area contributed by atoms with Crippen LogP contribution in [0.3, 0.4) is 0 Å². The quantitative estimate of drug-likeness (QED) is 0.226. The lowest BCUT2D eigenvalue weighted by Crippen LogP contribution is -2.32. The fourth-order valence-electron chi connectivity index (χ4n) is 5.08. The van der Waals surface area contributed by atoms with E-state index in [4.69, 9.17) is 9.47 Å². The average Bonchev–Trinajstić information content (AvgIpc) is 2.88. The minimum Gasteiger partial charge on any atom is -0.494 e. The fraction of sp³-hybridized carbons (Fsp3) is 0.552. The minimum absolute atomic E-state index is 0.0163. The van der Waals surface area contributed by atoms with E-state index >= 15 is 0 Å². The van der Waals surface area contributed by atoms with Crippen LogP contribution >= 0.6 is 0 Å². The van der Waals surface area contributed by atoms with Gasteiger partial charge in [0.2, 0.25) is 0 Å². The Morgan fingerprint density at radius 1 is 0.941 bits per heavy atom. The van der Waals surface area contributed by atoms with Gasteiger partial charge in [-0.15, -0.1) is 0 Å². The van der Waals surface area contributed by atoms with Crippen molar-refractivity contribution in [2.24, 2.45) is 11.8 Å². The van der Waals surface area contributed by atoms with Crippen molar-refractivity contribution in [1.82, 2.24) is 5.32 Å². The van der Waals surface area contributed by atoms with Crippen LogP contribution in [0.1, 0.15) is 88.9 Å². The molecule has 0 aromatic heterocycles. The lowest BCUT2D eigenvalue weighted by Gasteiger charge is -2.29. The fourth-order valence-corrected chi connectivity index (χ4v) is 5.08. The first kappa shape index (κ1) is 24.6. The monoisotopic (exact) mass is 464 g/mol. The molecule has 2 aliphatic rings. The number of rotatable bonds is 10. The van der Waals surface area contributed by atoms with Crippen molar-refractivity contribution in [3.63, 3.8) is 0 Å². The smallest absolute Gasteiger partial charge is 0.314 e. The molecular formula is C29H40N2O3. The molecule has 5 nitrogen and oxygen atoms in total. The van der Waals surface area contributed by atoms with Crippen LogP contribution in [0.4, 0.5) is 5.69 Å². The second kappa shape index (κ2) is 12.3. The van der Waals surface area contributed by atoms with E-state index in [1.54, 1.807) is 0 Å². The van der Waals surface area contributed by atoms with Crippen molar-refractivity contribution in [3.05, 3.63) is 53.6 Å². The Bertz CT molecular complexity index is 919. The van der Waals surface area contributed by atoms with E-state index in [-0.39, 0.29) is 18.1 Å². The van der Waals surface area contributed by atoms with Crippen LogP contribution in [0.2, 0.25) is 0 Å². The summed E-state index contributed by atoms with van der Waals surface area (Å²) in [5.41, 5.74) is 3.44. The lowest BCUT2D eigenvalue weighted by atomic mass is 9.80. The number of benzene rings is 2. The summed E-state index contributed by atoms with van der Waals surface area (Å²) >= 11 is 0. The summed E-state index contributed by atoms with van der Waals surface area (Å²) in [6.07, 6.45) is 10.5. The number of ether oxygens (including phenoxy) is 2. The van der Waals surface area contributed by atoms with Crippen molar-refractivity contribution in [3.8, 4) is 11.5 Å². The highest BCUT2D eigenvalue weighted by Gasteiger charge is 2.27. The van der Waals surface area contributed by atoms with Crippen molar-refractivity contribution < 1.29 is 14.3 Å². The van der Waals surface area contributed by atoms with E-state index in [0.29, 0.717) is 5.75 Å². The number of unbranched alkanes of at least 4 members (excludes halogenated alkanes) is 2. The molecule has 4 rings (SSSR count). The van der Waals surface area contributed by atoms with Gasteiger partial charge in [0.15, 0.2) is 0 Å². The number of hydrogen-bond donors (Lipinski definition) is 2. The minimum atomic E-state index is -0.0660. The van der Waals surface area contributed by atoms with E-state index in [0.717, 1.165) is 68.2 Å². The predicted molar refractivity (Wildman–Crippen MR) is 137 cm³/mol. The van der Waals surface area contributed by atoms with Crippen LogP contribution < -0.4 is 20.1 Å². The zero-order valence-electron chi connectivity index (χ0n) is 20.8. The average molecular weight is 465 g/mol. The number of nitrogens with one attached hydrogen (secondary N) is 2. The Labute approximate surface area is 204 Å². The third-order valence-corrected chi connectivity index (χ3v) is 7.17. The molecule has 0 saturated heterocycles. The summed E-state index contributed by atoms with van der Waals surface area (Å²) in [5, 5.41) is 7.09. The van der Waals surface area contributed by atoms with Gasteiger partial charge in [-0.25, -0.2) is 0 Å². The van der Waals surface area contributed by atoms with Crippen molar-refractivity contribution in [1.29, 1.82) is 0 Å². The number of esters is 1. The van der Waals surface area contributed by atoms with Gasteiger partial charge in [0.05, 0.1) is 12.5 Å². The summed E-state index contributed by atoms with van der Waals surface area (Å²) < 4.78 is 11.5. The Hall–Kier alpha value is -2.53. The topological polar surface area (TPSA) is 59.6 Å². The van der Waals surface area contributed by atoms with Crippen molar-refractivity contribution in [2.75, 3.05) is 11.9 Å². The van der Waals surface area contributed by atoms with Crippen LogP contribution in [-0.2, 0) is 11.3 Å². The first-order valence-corrected chi connectivity index (χ1v) is 13.2. The molecule has 0 radical (unpaired) electrons. The number of carbonyl (C=O) groups is 1. The van der Waals surface area contributed by atoms with Gasteiger partial charge in [0.1, 0.15) is 17.7 Å². The molecule has 1 aliphatic heterocycles. The SMILES string of the molecule is CCCCCC1CCC(C(=O)Oc2ccc(C3NCc4cc(OCCC)ccc4N3)cc2)CC1. The number of anilines is 1. The third kappa shape index (κ3) is 6.53. The molecule has 2 aromatic carbocycles. The first-order valence-electron chi connectivity index (χ1n) is 13.2. The van der Waals surface area contributed by atoms with Gasteiger partial charge in [-0.1, -0.05) is 51.7 Å². The highest BCUT2D eigenvalue weighted by molar-refractivity contribution is 5.75. The van der Waals surface area contributed by atoms with Crippen LogP contribution in [0.15, 0.2) is 42.5 Å². The molecule has 2 N–H and O–H groups in total. The third-order valence-electron chi connectivity index (χ3n) is 7.17.